The van der Waals surface area contributed by atoms with Crippen molar-refractivity contribution >= 4 is 0 Å². The maximum Gasteiger partial charge on any atom is 0.219 e. The third-order valence-corrected chi connectivity index (χ3v) is 7.59. The molecule has 0 fully saturated rings. The van der Waals surface area contributed by atoms with E-state index in [1.54, 1.807) is 24.8 Å². The summed E-state index contributed by atoms with van der Waals surface area (Å²) in [7, 11) is 0. The van der Waals surface area contributed by atoms with Crippen molar-refractivity contribution in [3.05, 3.63) is 164 Å². The topological polar surface area (TPSA) is 52.7 Å². The fourth-order valence-electron chi connectivity index (χ4n) is 5.53. The average molecular weight is 554 g/mol. The van der Waals surface area contributed by atoms with Crippen LogP contribution in [0.1, 0.15) is 0 Å². The van der Waals surface area contributed by atoms with Crippen molar-refractivity contribution in [1.82, 2.24) is 9.97 Å². The zero-order chi connectivity index (χ0) is 29.0. The van der Waals surface area contributed by atoms with Gasteiger partial charge in [0, 0.05) is 60.2 Å². The van der Waals surface area contributed by atoms with Gasteiger partial charge in [-0.1, -0.05) is 84.6 Å². The number of aromatic nitrogens is 3. The van der Waals surface area contributed by atoms with Crippen LogP contribution in [-0.2, 0) is 0 Å². The Bertz CT molecular complexity index is 1870. The molecule has 4 aromatic carbocycles. The average Bonchev–Trinajstić information content (AvgIpc) is 3.10. The predicted molar refractivity (Wildman–Crippen MR) is 170 cm³/mol. The lowest BCUT2D eigenvalue weighted by Gasteiger charge is -2.21. The highest BCUT2D eigenvalue weighted by atomic mass is 16.3. The molecule has 3 heterocycles. The molecule has 0 saturated heterocycles. The number of rotatable bonds is 6. The minimum absolute atomic E-state index is 0.0613. The Morgan fingerprint density at radius 2 is 0.837 bits per heavy atom. The maximum atomic E-state index is 14.0. The molecule has 0 spiro atoms. The molecule has 0 radical (unpaired) electrons. The molecule has 4 nitrogen and oxygen atoms in total. The van der Waals surface area contributed by atoms with Gasteiger partial charge in [-0.25, -0.2) is 0 Å². The molecule has 3 aromatic heterocycles. The number of hydrogen-bond acceptors (Lipinski definition) is 3. The summed E-state index contributed by atoms with van der Waals surface area (Å²) in [6.45, 7) is 0. The first-order valence-corrected chi connectivity index (χ1v) is 14.2. The molecule has 0 atom stereocenters. The van der Waals surface area contributed by atoms with Crippen LogP contribution in [0.4, 0.5) is 0 Å². The van der Waals surface area contributed by atoms with E-state index in [1.807, 2.05) is 54.6 Å². The van der Waals surface area contributed by atoms with Gasteiger partial charge in [0.25, 0.3) is 0 Å². The van der Waals surface area contributed by atoms with E-state index >= 15 is 0 Å². The number of hydrogen-bond donors (Lipinski definition) is 0. The van der Waals surface area contributed by atoms with Gasteiger partial charge >= 0.3 is 0 Å². The zero-order valence-corrected chi connectivity index (χ0v) is 23.3. The molecular weight excluding hydrogens is 526 g/mol. The summed E-state index contributed by atoms with van der Waals surface area (Å²) < 4.78 is 2.26. The summed E-state index contributed by atoms with van der Waals surface area (Å²) in [6, 6.07) is 47.2. The van der Waals surface area contributed by atoms with Crippen molar-refractivity contribution in [2.75, 3.05) is 0 Å². The summed E-state index contributed by atoms with van der Waals surface area (Å²) in [5, 5.41) is 14.0. The Balaban J connectivity index is 1.60. The highest BCUT2D eigenvalue weighted by Crippen LogP contribution is 2.39. The number of pyridine rings is 3. The lowest BCUT2D eigenvalue weighted by atomic mass is 9.95. The normalized spacial score (nSPS) is 10.9. The van der Waals surface area contributed by atoms with Crippen molar-refractivity contribution in [2.45, 2.75) is 0 Å². The van der Waals surface area contributed by atoms with E-state index in [0.29, 0.717) is 11.1 Å². The Labute approximate surface area is 250 Å². The van der Waals surface area contributed by atoms with Crippen molar-refractivity contribution < 1.29 is 9.67 Å². The molecule has 0 unspecified atom stereocenters. The highest BCUT2D eigenvalue weighted by molar-refractivity contribution is 5.83. The van der Waals surface area contributed by atoms with Gasteiger partial charge in [0.2, 0.25) is 17.1 Å². The predicted octanol–water partition coefficient (Wildman–Crippen LogP) is 8.16. The second-order valence-corrected chi connectivity index (χ2v) is 10.3. The van der Waals surface area contributed by atoms with Crippen LogP contribution in [0.25, 0.3) is 61.6 Å². The van der Waals surface area contributed by atoms with Crippen LogP contribution < -0.4 is 9.67 Å². The van der Waals surface area contributed by atoms with Crippen molar-refractivity contribution in [2.24, 2.45) is 0 Å². The van der Waals surface area contributed by atoms with Crippen LogP contribution in [0.2, 0.25) is 0 Å². The van der Waals surface area contributed by atoms with E-state index in [-0.39, 0.29) is 5.75 Å². The minimum atomic E-state index is -0.0613. The lowest BCUT2D eigenvalue weighted by Crippen LogP contribution is -2.36. The Kier molecular flexibility index (Phi) is 7.00. The van der Waals surface area contributed by atoms with Gasteiger partial charge in [-0.15, -0.1) is 0 Å². The van der Waals surface area contributed by atoms with Crippen LogP contribution in [0.5, 0.6) is 5.75 Å². The molecule has 0 amide bonds. The Morgan fingerprint density at radius 1 is 0.419 bits per heavy atom. The summed E-state index contributed by atoms with van der Waals surface area (Å²) in [5.41, 5.74) is 9.96. The highest BCUT2D eigenvalue weighted by Gasteiger charge is 2.26. The van der Waals surface area contributed by atoms with E-state index in [1.165, 1.54) is 0 Å². The van der Waals surface area contributed by atoms with Crippen molar-refractivity contribution in [3.63, 3.8) is 0 Å². The molecule has 7 rings (SSSR count). The molecular formula is C39H27N3O. The second-order valence-electron chi connectivity index (χ2n) is 10.3. The van der Waals surface area contributed by atoms with Gasteiger partial charge < -0.3 is 5.11 Å². The van der Waals surface area contributed by atoms with Gasteiger partial charge in [-0.2, -0.15) is 4.57 Å². The SMILES string of the molecule is [O-]c1c(-c2cccnc2)cc(-[n+]2c(-c3ccccc3)cc(-c3ccccc3)cc2-c2ccccc2)cc1-c1cccnc1. The van der Waals surface area contributed by atoms with Crippen LogP contribution >= 0.6 is 0 Å². The van der Waals surface area contributed by atoms with Gasteiger partial charge in [0.05, 0.1) is 0 Å². The summed E-state index contributed by atoms with van der Waals surface area (Å²) >= 11 is 0. The van der Waals surface area contributed by atoms with E-state index in [0.717, 1.165) is 50.5 Å². The van der Waals surface area contributed by atoms with Crippen LogP contribution in [-0.4, -0.2) is 9.97 Å². The molecule has 4 heteroatoms. The maximum absolute atomic E-state index is 14.0. The molecule has 0 aliphatic carbocycles. The molecule has 0 N–H and O–H groups in total. The first-order chi connectivity index (χ1) is 21.3. The fraction of sp³-hybridized carbons (Fsp3) is 0. The Morgan fingerprint density at radius 3 is 1.26 bits per heavy atom. The van der Waals surface area contributed by atoms with E-state index < -0.39 is 0 Å². The van der Waals surface area contributed by atoms with Crippen LogP contribution in [0, 0.1) is 0 Å². The van der Waals surface area contributed by atoms with Gasteiger partial charge in [0.15, 0.2) is 0 Å². The van der Waals surface area contributed by atoms with Gasteiger partial charge in [0.1, 0.15) is 0 Å². The molecule has 43 heavy (non-hydrogen) atoms. The van der Waals surface area contributed by atoms with E-state index in [9.17, 15) is 5.11 Å². The monoisotopic (exact) mass is 553 g/mol. The quantitative estimate of drug-likeness (QED) is 0.195. The summed E-state index contributed by atoms with van der Waals surface area (Å²) in [4.78, 5) is 8.65. The smallest absolute Gasteiger partial charge is 0.219 e. The van der Waals surface area contributed by atoms with E-state index in [2.05, 4.69) is 99.5 Å². The molecule has 0 saturated carbocycles. The molecule has 0 aliphatic rings. The lowest BCUT2D eigenvalue weighted by molar-refractivity contribution is -0.572. The summed E-state index contributed by atoms with van der Waals surface area (Å²) in [6.07, 6.45) is 6.93. The largest absolute Gasteiger partial charge is 0.872 e. The third kappa shape index (κ3) is 5.18. The van der Waals surface area contributed by atoms with E-state index in [4.69, 9.17) is 0 Å². The summed E-state index contributed by atoms with van der Waals surface area (Å²) in [5.74, 6) is -0.0613. The van der Waals surface area contributed by atoms with Gasteiger partial charge in [-0.05, 0) is 69.8 Å². The Hall–Kier alpha value is -5.87. The number of benzene rings is 4. The van der Waals surface area contributed by atoms with Gasteiger partial charge in [-0.3, -0.25) is 9.97 Å². The molecule has 7 aromatic rings. The first-order valence-electron chi connectivity index (χ1n) is 14.2. The first kappa shape index (κ1) is 26.1. The number of nitrogens with zero attached hydrogens (tertiary/aromatic N) is 3. The van der Waals surface area contributed by atoms with Crippen LogP contribution in [0.3, 0.4) is 0 Å². The molecule has 0 aliphatic heterocycles. The van der Waals surface area contributed by atoms with Crippen molar-refractivity contribution in [1.29, 1.82) is 0 Å². The molecule has 204 valence electrons. The molecule has 0 bridgehead atoms. The minimum Gasteiger partial charge on any atom is -0.872 e. The fourth-order valence-corrected chi connectivity index (χ4v) is 5.53. The standard InChI is InChI=1S/C39H27N3O/c43-39-35(31-18-10-20-40-26-31)24-34(25-36(39)32-19-11-21-41-27-32)42-37(29-14-6-2-7-15-29)22-33(28-12-4-1-5-13-28)23-38(42)30-16-8-3-9-17-30/h1-27H. The third-order valence-electron chi connectivity index (χ3n) is 7.59. The zero-order valence-electron chi connectivity index (χ0n) is 23.3. The van der Waals surface area contributed by atoms with Crippen LogP contribution in [0.15, 0.2) is 164 Å². The van der Waals surface area contributed by atoms with Crippen molar-refractivity contribution in [3.8, 4) is 67.3 Å². The second kappa shape index (κ2) is 11.6.